The van der Waals surface area contributed by atoms with Crippen LogP contribution in [-0.4, -0.2) is 101 Å². The van der Waals surface area contributed by atoms with E-state index in [0.717, 1.165) is 0 Å². The van der Waals surface area contributed by atoms with Gasteiger partial charge in [-0.2, -0.15) is 79.0 Å². The Kier molecular flexibility index (Phi) is 18.0. The Labute approximate surface area is 239 Å². The number of alkyl halides is 18. The summed E-state index contributed by atoms with van der Waals surface area (Å²) in [5.41, 5.74) is 0. The molecule has 0 rings (SSSR count). The minimum Gasteiger partial charge on any atom is -0.273 e. The average molecular weight is 771 g/mol. The van der Waals surface area contributed by atoms with Gasteiger partial charge in [-0.1, -0.05) is 0 Å². The van der Waals surface area contributed by atoms with Gasteiger partial charge in [-0.05, 0) is 0 Å². The van der Waals surface area contributed by atoms with Crippen LogP contribution >= 0.6 is 0 Å². The standard InChI is InChI=1S/3C5H2F6O2.Pr/c3*6-4(7,8)2(12)1-3(13)5(9,10)11;/h3*1H2;/p+6. The molecule has 0 atom stereocenters. The molecule has 0 aromatic carbocycles. The summed E-state index contributed by atoms with van der Waals surface area (Å²) in [4.78, 5) is 48.2. The molecule has 0 bridgehead atoms. The van der Waals surface area contributed by atoms with Crippen LogP contribution in [0.4, 0.5) is 79.0 Å². The Morgan fingerprint density at radius 3 is 0.400 bits per heavy atom. The average Bonchev–Trinajstić information content (AvgIpc) is 2.64. The molecule has 6 nitrogen and oxygen atoms in total. The molecule has 25 heteroatoms. The maximum atomic E-state index is 11.4. The molecule has 1 radical (unpaired) electrons. The molecule has 0 spiro atoms. The van der Waals surface area contributed by atoms with Crippen molar-refractivity contribution in [1.29, 1.82) is 0 Å². The van der Waals surface area contributed by atoms with Crippen LogP contribution in [0.1, 0.15) is 19.3 Å². The van der Waals surface area contributed by atoms with Crippen LogP contribution in [0.5, 0.6) is 0 Å². The summed E-state index contributed by atoms with van der Waals surface area (Å²) >= 11 is 0. The van der Waals surface area contributed by atoms with Gasteiger partial charge in [0.05, 0.1) is 0 Å². The van der Waals surface area contributed by atoms with Gasteiger partial charge in [0.2, 0.25) is 0 Å². The molecule has 231 valence electrons. The van der Waals surface area contributed by atoms with Crippen LogP contribution in [0.3, 0.4) is 0 Å². The zero-order chi connectivity index (χ0) is 32.6. The molecule has 0 saturated heterocycles. The van der Waals surface area contributed by atoms with Crippen molar-refractivity contribution in [1.82, 2.24) is 0 Å². The van der Waals surface area contributed by atoms with E-state index in [-0.39, 0.29) is 41.3 Å². The molecular weight excluding hydrogens is 759 g/mol. The van der Waals surface area contributed by atoms with Gasteiger partial charge in [0, 0.05) is 41.3 Å². The molecule has 0 aliphatic rings. The third-order valence-electron chi connectivity index (χ3n) is 2.97. The number of rotatable bonds is 6. The summed E-state index contributed by atoms with van der Waals surface area (Å²) in [6.45, 7) is 0. The predicted molar refractivity (Wildman–Crippen MR) is 91.8 cm³/mol. The minimum absolute atomic E-state index is 0. The molecule has 0 aliphatic carbocycles. The fourth-order valence-electron chi connectivity index (χ4n) is 1.08. The van der Waals surface area contributed by atoms with E-state index in [9.17, 15) is 79.0 Å². The summed E-state index contributed by atoms with van der Waals surface area (Å²) in [7, 11) is 0. The molecule has 0 aromatic rings. The monoisotopic (exact) mass is 771 g/mol. The molecule has 0 amide bonds. The van der Waals surface area contributed by atoms with Crippen LogP contribution in [0.25, 0.3) is 0 Å². The van der Waals surface area contributed by atoms with Gasteiger partial charge in [-0.3, -0.25) is 28.8 Å². The number of carbonyl (C=O) groups excluding carboxylic acids is 6. The first-order valence-corrected chi connectivity index (χ1v) is 8.36. The van der Waals surface area contributed by atoms with Gasteiger partial charge in [0.1, 0.15) is 0 Å². The van der Waals surface area contributed by atoms with Crippen molar-refractivity contribution in [2.75, 3.05) is 0 Å². The van der Waals surface area contributed by atoms with E-state index in [2.05, 4.69) is 0 Å². The Morgan fingerprint density at radius 2 is 0.350 bits per heavy atom. The van der Waals surface area contributed by atoms with Gasteiger partial charge in [-0.15, -0.1) is 0 Å². The first-order valence-electron chi connectivity index (χ1n) is 8.36. The van der Waals surface area contributed by atoms with E-state index in [1.165, 1.54) is 0 Å². The Balaban J connectivity index is -0.000000240. The number of halogens is 18. The SMILES string of the molecule is [OH+]=C(CC(=[OH+])C(F)(F)F)C(F)(F)F.[OH+]=C(CC(=[OH+])C(F)(F)F)C(F)(F)F.[OH+]=C(CC(=[OH+])C(F)(F)F)C(F)(F)F.[Pr]. The molecule has 0 aliphatic heterocycles. The van der Waals surface area contributed by atoms with Crippen molar-refractivity contribution in [2.24, 2.45) is 0 Å². The van der Waals surface area contributed by atoms with Crippen molar-refractivity contribution in [2.45, 2.75) is 56.3 Å². The van der Waals surface area contributed by atoms with Crippen LogP contribution in [0.15, 0.2) is 0 Å². The second-order valence-electron chi connectivity index (χ2n) is 6.20. The zero-order valence-corrected chi connectivity index (χ0v) is 21.9. The molecule has 0 aromatic heterocycles. The van der Waals surface area contributed by atoms with Gasteiger partial charge in [0.25, 0.3) is 0 Å². The van der Waals surface area contributed by atoms with Crippen LogP contribution in [-0.2, 0) is 0 Å². The topological polar surface area (TPSA) is 128 Å². The largest absolute Gasteiger partial charge is 0.505 e. The normalized spacial score (nSPS) is 12.4. The third-order valence-corrected chi connectivity index (χ3v) is 2.97. The fourth-order valence-corrected chi connectivity index (χ4v) is 1.08. The summed E-state index contributed by atoms with van der Waals surface area (Å²) in [5, 5.41) is 0. The van der Waals surface area contributed by atoms with Crippen LogP contribution in [0, 0.1) is 41.3 Å². The van der Waals surface area contributed by atoms with Gasteiger partial charge >= 0.3 is 71.8 Å². The minimum atomic E-state index is -5.25. The molecule has 0 heterocycles. The summed E-state index contributed by atoms with van der Waals surface area (Å²) in [6, 6.07) is 0. The quantitative estimate of drug-likeness (QED) is 0.210. The van der Waals surface area contributed by atoms with Gasteiger partial charge in [0.15, 0.2) is 19.3 Å². The van der Waals surface area contributed by atoms with Crippen molar-refractivity contribution in [3.05, 3.63) is 0 Å². The molecular formula is C15H12F18O6Pr+6. The van der Waals surface area contributed by atoms with E-state index in [4.69, 9.17) is 28.8 Å². The Hall–Kier alpha value is -1.88. The maximum absolute atomic E-state index is 11.4. The first kappa shape index (κ1) is 45.1. The van der Waals surface area contributed by atoms with Gasteiger partial charge < -0.3 is 0 Å². The first-order chi connectivity index (χ1) is 16.6. The van der Waals surface area contributed by atoms with E-state index >= 15 is 0 Å². The second kappa shape index (κ2) is 15.9. The molecule has 6 N–H and O–H groups in total. The molecule has 0 saturated carbocycles. The van der Waals surface area contributed by atoms with E-state index < -0.39 is 91.0 Å². The van der Waals surface area contributed by atoms with Crippen molar-refractivity contribution in [3.8, 4) is 0 Å². The van der Waals surface area contributed by atoms with E-state index in [1.807, 2.05) is 0 Å². The van der Waals surface area contributed by atoms with Crippen LogP contribution in [0.2, 0.25) is 0 Å². The third kappa shape index (κ3) is 20.9. The molecule has 0 unspecified atom stereocenters. The summed E-state index contributed by atoms with van der Waals surface area (Å²) in [5.74, 6) is -14.3. The van der Waals surface area contributed by atoms with Crippen molar-refractivity contribution < 1.29 is 149 Å². The van der Waals surface area contributed by atoms with Gasteiger partial charge in [-0.25, -0.2) is 0 Å². The van der Waals surface area contributed by atoms with E-state index in [1.54, 1.807) is 0 Å². The number of ketones is 6. The summed E-state index contributed by atoms with van der Waals surface area (Å²) in [6.07, 6.45) is -37.4. The zero-order valence-electron chi connectivity index (χ0n) is 18.2. The fraction of sp³-hybridized carbons (Fsp3) is 0.600. The molecule has 0 fully saturated rings. The van der Waals surface area contributed by atoms with E-state index in [0.29, 0.717) is 0 Å². The number of hydrogen-bond donors (Lipinski definition) is 0. The maximum Gasteiger partial charge on any atom is 0.505 e. The van der Waals surface area contributed by atoms with Crippen LogP contribution < -0.4 is 0 Å². The second-order valence-corrected chi connectivity index (χ2v) is 6.20. The predicted octanol–water partition coefficient (Wildman–Crippen LogP) is 4.77. The smallest absolute Gasteiger partial charge is 0.273 e. The molecule has 40 heavy (non-hydrogen) atoms. The van der Waals surface area contributed by atoms with Crippen molar-refractivity contribution >= 4 is 34.7 Å². The Morgan fingerprint density at radius 1 is 0.275 bits per heavy atom. The van der Waals surface area contributed by atoms with Crippen molar-refractivity contribution in [3.63, 3.8) is 0 Å². The summed E-state index contributed by atoms with van der Waals surface area (Å²) < 4.78 is 206. The Bertz CT molecular complexity index is 726. The number of hydrogen-bond acceptors (Lipinski definition) is 0.